The second kappa shape index (κ2) is 2.56. The van der Waals surface area contributed by atoms with Crippen molar-refractivity contribution in [3.05, 3.63) is 18.6 Å². The van der Waals surface area contributed by atoms with Crippen LogP contribution in [0, 0.1) is 6.92 Å². The molecule has 0 aliphatic rings. The predicted octanol–water partition coefficient (Wildman–Crippen LogP) is 1.23. The number of allylic oxidation sites excluding steroid dienone is 2. The minimum Gasteiger partial charge on any atom is -0.295 e. The van der Waals surface area contributed by atoms with E-state index < -0.39 is 0 Å². The molecule has 0 saturated carbocycles. The fourth-order valence-electron chi connectivity index (χ4n) is 0.117. The average molecular weight is 96.1 g/mol. The molecular weight excluding hydrogens is 88.1 g/mol. The molecule has 1 nitrogen and oxygen atoms in total. The van der Waals surface area contributed by atoms with Crippen LogP contribution in [-0.2, 0) is 4.79 Å². The summed E-state index contributed by atoms with van der Waals surface area (Å²) in [6.07, 6.45) is 1.31. The molecule has 0 saturated heterocycles. The summed E-state index contributed by atoms with van der Waals surface area (Å²) in [6, 6.07) is 0. The standard InChI is InChI=1S/C6H8O/c1-4-5(2)6(3)7/h1,4H,2-3H3/b5-4+. The highest BCUT2D eigenvalue weighted by atomic mass is 16.1. The summed E-state index contributed by atoms with van der Waals surface area (Å²) in [6.45, 7) is 8.16. The van der Waals surface area contributed by atoms with Crippen molar-refractivity contribution < 1.29 is 4.79 Å². The zero-order chi connectivity index (χ0) is 5.86. The Hall–Kier alpha value is -0.590. The van der Waals surface area contributed by atoms with Gasteiger partial charge in [0.2, 0.25) is 0 Å². The Balaban J connectivity index is 3.82. The zero-order valence-corrected chi connectivity index (χ0v) is 4.56. The van der Waals surface area contributed by atoms with Gasteiger partial charge in [-0.05, 0) is 26.3 Å². The topological polar surface area (TPSA) is 17.1 Å². The Morgan fingerprint density at radius 1 is 1.57 bits per heavy atom. The van der Waals surface area contributed by atoms with Gasteiger partial charge in [-0.1, -0.05) is 6.08 Å². The van der Waals surface area contributed by atoms with Crippen molar-refractivity contribution >= 4 is 5.78 Å². The van der Waals surface area contributed by atoms with Crippen molar-refractivity contribution in [3.8, 4) is 0 Å². The lowest BCUT2D eigenvalue weighted by Gasteiger charge is -1.85. The van der Waals surface area contributed by atoms with Gasteiger partial charge in [-0.2, -0.15) is 0 Å². The van der Waals surface area contributed by atoms with Crippen molar-refractivity contribution in [2.45, 2.75) is 13.8 Å². The Morgan fingerprint density at radius 2 is 2.00 bits per heavy atom. The van der Waals surface area contributed by atoms with Gasteiger partial charge in [-0.15, -0.1) is 0 Å². The van der Waals surface area contributed by atoms with E-state index in [1.165, 1.54) is 13.0 Å². The van der Waals surface area contributed by atoms with Gasteiger partial charge in [0, 0.05) is 0 Å². The maximum atomic E-state index is 10.2. The number of rotatable bonds is 1. The highest BCUT2D eigenvalue weighted by molar-refractivity contribution is 5.92. The molecular formula is C6H8O. The molecule has 0 bridgehead atoms. The van der Waals surface area contributed by atoms with Gasteiger partial charge in [0.15, 0.2) is 5.78 Å². The van der Waals surface area contributed by atoms with Crippen LogP contribution in [0.1, 0.15) is 13.8 Å². The van der Waals surface area contributed by atoms with Gasteiger partial charge in [0.25, 0.3) is 0 Å². The van der Waals surface area contributed by atoms with E-state index in [0.717, 1.165) is 0 Å². The number of carbonyl (C=O) groups is 1. The van der Waals surface area contributed by atoms with E-state index in [1.54, 1.807) is 6.92 Å². The fraction of sp³-hybridized carbons (Fsp3) is 0.333. The van der Waals surface area contributed by atoms with E-state index >= 15 is 0 Å². The van der Waals surface area contributed by atoms with Crippen LogP contribution in [0.4, 0.5) is 0 Å². The van der Waals surface area contributed by atoms with Crippen LogP contribution in [0.2, 0.25) is 0 Å². The molecule has 0 atom stereocenters. The van der Waals surface area contributed by atoms with E-state index in [0.29, 0.717) is 5.57 Å². The third-order valence-corrected chi connectivity index (χ3v) is 0.805. The average Bonchev–Trinajstić information content (AvgIpc) is 1.65. The van der Waals surface area contributed by atoms with E-state index in [4.69, 9.17) is 6.92 Å². The molecule has 0 amide bonds. The fourth-order valence-corrected chi connectivity index (χ4v) is 0.117. The van der Waals surface area contributed by atoms with Gasteiger partial charge in [0.05, 0.1) is 0 Å². The van der Waals surface area contributed by atoms with E-state index in [9.17, 15) is 4.79 Å². The molecule has 0 heterocycles. The molecule has 2 radical (unpaired) electrons. The van der Waals surface area contributed by atoms with E-state index in [1.807, 2.05) is 0 Å². The molecule has 0 spiro atoms. The van der Waals surface area contributed by atoms with Crippen LogP contribution in [0.25, 0.3) is 0 Å². The molecule has 0 rings (SSSR count). The highest BCUT2D eigenvalue weighted by Gasteiger charge is 1.89. The second-order valence-electron chi connectivity index (χ2n) is 1.41. The minimum atomic E-state index is 0.0301. The van der Waals surface area contributed by atoms with Crippen LogP contribution in [0.15, 0.2) is 11.6 Å². The first-order valence-corrected chi connectivity index (χ1v) is 2.08. The van der Waals surface area contributed by atoms with Crippen LogP contribution in [0.3, 0.4) is 0 Å². The van der Waals surface area contributed by atoms with Gasteiger partial charge < -0.3 is 0 Å². The normalized spacial score (nSPS) is 11.6. The van der Waals surface area contributed by atoms with Gasteiger partial charge >= 0.3 is 0 Å². The summed E-state index contributed by atoms with van der Waals surface area (Å²) in [5, 5.41) is 0. The smallest absolute Gasteiger partial charge is 0.155 e. The van der Waals surface area contributed by atoms with Gasteiger partial charge in [-0.25, -0.2) is 0 Å². The van der Waals surface area contributed by atoms with Crippen LogP contribution >= 0.6 is 0 Å². The monoisotopic (exact) mass is 96.1 g/mol. The van der Waals surface area contributed by atoms with Crippen molar-refractivity contribution in [2.24, 2.45) is 0 Å². The Labute approximate surface area is 44.0 Å². The molecule has 0 fully saturated rings. The molecule has 38 valence electrons. The molecule has 0 aromatic carbocycles. The number of Topliss-reactive ketones (excluding diaryl/α,β-unsaturated/α-hetero) is 1. The first-order chi connectivity index (χ1) is 3.18. The quantitative estimate of drug-likeness (QED) is 0.449. The lowest BCUT2D eigenvalue weighted by atomic mass is 10.2. The lowest BCUT2D eigenvalue weighted by molar-refractivity contribution is -0.113. The molecule has 0 aliphatic heterocycles. The van der Waals surface area contributed by atoms with Crippen LogP contribution in [-0.4, -0.2) is 5.78 Å². The minimum absolute atomic E-state index is 0.0301. The first-order valence-electron chi connectivity index (χ1n) is 2.08. The first kappa shape index (κ1) is 6.41. The summed E-state index contributed by atoms with van der Waals surface area (Å²) < 4.78 is 0. The van der Waals surface area contributed by atoms with Gasteiger partial charge in [0.1, 0.15) is 0 Å². The van der Waals surface area contributed by atoms with E-state index in [2.05, 4.69) is 0 Å². The Bertz CT molecular complexity index is 101. The summed E-state index contributed by atoms with van der Waals surface area (Å²) in [4.78, 5) is 10.2. The number of ketones is 1. The predicted molar refractivity (Wildman–Crippen MR) is 28.7 cm³/mol. The third kappa shape index (κ3) is 2.15. The number of hydrogen-bond acceptors (Lipinski definition) is 1. The molecule has 7 heavy (non-hydrogen) atoms. The van der Waals surface area contributed by atoms with Crippen LogP contribution in [0.5, 0.6) is 0 Å². The van der Waals surface area contributed by atoms with Crippen molar-refractivity contribution in [3.63, 3.8) is 0 Å². The van der Waals surface area contributed by atoms with Crippen molar-refractivity contribution in [1.29, 1.82) is 0 Å². The number of hydrogen-bond donors (Lipinski definition) is 0. The summed E-state index contributed by atoms with van der Waals surface area (Å²) in [7, 11) is 0. The molecule has 0 N–H and O–H groups in total. The van der Waals surface area contributed by atoms with Crippen molar-refractivity contribution in [1.82, 2.24) is 0 Å². The van der Waals surface area contributed by atoms with Crippen molar-refractivity contribution in [2.75, 3.05) is 0 Å². The maximum absolute atomic E-state index is 10.2. The molecule has 1 heteroatoms. The summed E-state index contributed by atoms with van der Waals surface area (Å²) in [5.74, 6) is 0.0301. The molecule has 0 aliphatic carbocycles. The molecule has 0 aromatic rings. The van der Waals surface area contributed by atoms with Gasteiger partial charge in [-0.3, -0.25) is 4.79 Å². The Kier molecular flexibility index (Phi) is 2.34. The highest BCUT2D eigenvalue weighted by Crippen LogP contribution is 1.89. The maximum Gasteiger partial charge on any atom is 0.155 e. The molecule has 0 aromatic heterocycles. The Morgan fingerprint density at radius 3 is 2.00 bits per heavy atom. The SMILES string of the molecule is [CH]/C=C(\C)C(C)=O. The third-order valence-electron chi connectivity index (χ3n) is 0.805. The van der Waals surface area contributed by atoms with E-state index in [-0.39, 0.29) is 5.78 Å². The summed E-state index contributed by atoms with van der Waals surface area (Å²) in [5.41, 5.74) is 0.611. The molecule has 0 unspecified atom stereocenters. The number of carbonyl (C=O) groups excluding carboxylic acids is 1. The largest absolute Gasteiger partial charge is 0.295 e. The summed E-state index contributed by atoms with van der Waals surface area (Å²) >= 11 is 0. The zero-order valence-electron chi connectivity index (χ0n) is 4.56. The van der Waals surface area contributed by atoms with Crippen LogP contribution < -0.4 is 0 Å². The lowest BCUT2D eigenvalue weighted by Crippen LogP contribution is -1.88. The second-order valence-corrected chi connectivity index (χ2v) is 1.41.